The van der Waals surface area contributed by atoms with Gasteiger partial charge in [-0.05, 0) is 64.5 Å². The van der Waals surface area contributed by atoms with Crippen LogP contribution in [0.4, 0.5) is 0 Å². The molecule has 3 rings (SSSR count). The van der Waals surface area contributed by atoms with E-state index in [9.17, 15) is 0 Å². The number of rotatable bonds is 9. The Morgan fingerprint density at radius 2 is 1.89 bits per heavy atom. The van der Waals surface area contributed by atoms with E-state index in [1.807, 2.05) is 13.1 Å². The van der Waals surface area contributed by atoms with Gasteiger partial charge >= 0.3 is 0 Å². The number of nitrogens with zero attached hydrogens (tertiary/aromatic N) is 4. The molecule has 2 fully saturated rings. The van der Waals surface area contributed by atoms with Gasteiger partial charge in [0.25, 0.3) is 0 Å². The minimum Gasteiger partial charge on any atom is -0.468 e. The Morgan fingerprint density at radius 1 is 1.11 bits per heavy atom. The van der Waals surface area contributed by atoms with Crippen molar-refractivity contribution in [2.45, 2.75) is 31.7 Å². The lowest BCUT2D eigenvalue weighted by Gasteiger charge is -2.32. The van der Waals surface area contributed by atoms with E-state index in [4.69, 9.17) is 4.42 Å². The third-order valence-corrected chi connectivity index (χ3v) is 5.93. The van der Waals surface area contributed by atoms with Crippen LogP contribution in [0.2, 0.25) is 0 Å². The second-order valence-corrected chi connectivity index (χ2v) is 8.01. The number of unbranched alkanes of at least 4 members (excludes halogenated alkanes) is 1. The van der Waals surface area contributed by atoms with Crippen LogP contribution in [0.15, 0.2) is 27.8 Å². The molecule has 0 saturated carbocycles. The molecule has 1 aromatic rings. The van der Waals surface area contributed by atoms with Crippen LogP contribution in [0.25, 0.3) is 0 Å². The summed E-state index contributed by atoms with van der Waals surface area (Å²) >= 11 is 0. The third-order valence-electron chi connectivity index (χ3n) is 5.93. The van der Waals surface area contributed by atoms with Crippen LogP contribution in [-0.4, -0.2) is 93.7 Å². The van der Waals surface area contributed by atoms with Crippen molar-refractivity contribution in [1.29, 1.82) is 0 Å². The number of nitrogens with one attached hydrogen (secondary N) is 2. The molecule has 7 nitrogen and oxygen atoms in total. The normalized spacial score (nSPS) is 21.1. The maximum absolute atomic E-state index is 5.70. The maximum Gasteiger partial charge on any atom is 0.191 e. The number of piperazine rings is 1. The Balaban J connectivity index is 1.34. The number of hydrogen-bond acceptors (Lipinski definition) is 5. The summed E-state index contributed by atoms with van der Waals surface area (Å²) < 4.78 is 5.70. The van der Waals surface area contributed by atoms with E-state index in [0.29, 0.717) is 0 Å². The Labute approximate surface area is 170 Å². The van der Waals surface area contributed by atoms with Crippen LogP contribution in [0.1, 0.15) is 37.5 Å². The Hall–Kier alpha value is -1.57. The SMILES string of the molecule is CN=C(NCCCCN1CCN(C)CC1)NCC(c1ccco1)N1CCCC1. The van der Waals surface area contributed by atoms with E-state index in [2.05, 4.69) is 43.4 Å². The average molecular weight is 391 g/mol. The lowest BCUT2D eigenvalue weighted by molar-refractivity contribution is 0.152. The molecule has 1 atom stereocenters. The van der Waals surface area contributed by atoms with Gasteiger partial charge in [0.05, 0.1) is 12.3 Å². The van der Waals surface area contributed by atoms with Crippen LogP contribution in [0.3, 0.4) is 0 Å². The van der Waals surface area contributed by atoms with Gasteiger partial charge in [-0.2, -0.15) is 0 Å². The van der Waals surface area contributed by atoms with Crippen molar-refractivity contribution in [3.05, 3.63) is 24.2 Å². The fourth-order valence-corrected chi connectivity index (χ4v) is 4.10. The number of likely N-dealkylation sites (N-methyl/N-ethyl adjacent to an activating group) is 1. The summed E-state index contributed by atoms with van der Waals surface area (Å²) in [5, 5.41) is 6.97. The summed E-state index contributed by atoms with van der Waals surface area (Å²) in [6.07, 6.45) is 6.72. The zero-order chi connectivity index (χ0) is 19.6. The standard InChI is InChI=1S/C21H38N6O/c1-22-21(23-9-3-4-10-26-15-13-25(2)14-16-26)24-18-19(20-8-7-17-28-20)27-11-5-6-12-27/h7-8,17,19H,3-6,9-16,18H2,1-2H3,(H2,22,23,24). The molecule has 0 bridgehead atoms. The minimum atomic E-state index is 0.272. The Bertz CT molecular complexity index is 561. The highest BCUT2D eigenvalue weighted by Gasteiger charge is 2.25. The molecule has 2 N–H and O–H groups in total. The van der Waals surface area contributed by atoms with E-state index in [-0.39, 0.29) is 6.04 Å². The van der Waals surface area contributed by atoms with Gasteiger partial charge in [-0.25, -0.2) is 0 Å². The number of furan rings is 1. The van der Waals surface area contributed by atoms with Gasteiger partial charge in [0, 0.05) is 46.3 Å². The van der Waals surface area contributed by atoms with Gasteiger partial charge in [0.15, 0.2) is 5.96 Å². The van der Waals surface area contributed by atoms with E-state index in [1.54, 1.807) is 6.26 Å². The zero-order valence-corrected chi connectivity index (χ0v) is 17.7. The lowest BCUT2D eigenvalue weighted by Crippen LogP contribution is -2.45. The first-order chi connectivity index (χ1) is 13.8. The quantitative estimate of drug-likeness (QED) is 0.380. The number of guanidine groups is 1. The van der Waals surface area contributed by atoms with Gasteiger partial charge in [-0.3, -0.25) is 9.89 Å². The highest BCUT2D eigenvalue weighted by Crippen LogP contribution is 2.24. The molecule has 3 heterocycles. The summed E-state index contributed by atoms with van der Waals surface area (Å²) in [4.78, 5) is 11.9. The molecule has 28 heavy (non-hydrogen) atoms. The number of aliphatic imine (C=N–C) groups is 1. The third kappa shape index (κ3) is 6.50. The van der Waals surface area contributed by atoms with Crippen LogP contribution < -0.4 is 10.6 Å². The minimum absolute atomic E-state index is 0.272. The predicted molar refractivity (Wildman–Crippen MR) is 115 cm³/mol. The second-order valence-electron chi connectivity index (χ2n) is 8.01. The Kier molecular flexibility index (Phi) is 8.64. The molecule has 0 amide bonds. The van der Waals surface area contributed by atoms with E-state index in [0.717, 1.165) is 37.9 Å². The van der Waals surface area contributed by atoms with Gasteiger partial charge in [0.2, 0.25) is 0 Å². The van der Waals surface area contributed by atoms with Crippen LogP contribution in [0.5, 0.6) is 0 Å². The summed E-state index contributed by atoms with van der Waals surface area (Å²) in [5.74, 6) is 1.92. The summed E-state index contributed by atoms with van der Waals surface area (Å²) in [6.45, 7) is 10.1. The van der Waals surface area contributed by atoms with Crippen molar-refractivity contribution in [1.82, 2.24) is 25.3 Å². The monoisotopic (exact) mass is 390 g/mol. The van der Waals surface area contributed by atoms with Crippen molar-refractivity contribution in [3.8, 4) is 0 Å². The predicted octanol–water partition coefficient (Wildman–Crippen LogP) is 1.61. The Morgan fingerprint density at radius 3 is 2.57 bits per heavy atom. The number of hydrogen-bond donors (Lipinski definition) is 2. The molecule has 0 aliphatic carbocycles. The molecule has 1 unspecified atom stereocenters. The van der Waals surface area contributed by atoms with Crippen molar-refractivity contribution in [2.75, 3.05) is 73.0 Å². The first-order valence-electron chi connectivity index (χ1n) is 10.9. The molecule has 2 aliphatic rings. The summed E-state index contributed by atoms with van der Waals surface area (Å²) in [5.41, 5.74) is 0. The van der Waals surface area contributed by atoms with E-state index < -0.39 is 0 Å². The van der Waals surface area contributed by atoms with E-state index in [1.165, 1.54) is 58.4 Å². The van der Waals surface area contributed by atoms with Gasteiger partial charge in [-0.15, -0.1) is 0 Å². The molecule has 158 valence electrons. The number of likely N-dealkylation sites (tertiary alicyclic amines) is 1. The fourth-order valence-electron chi connectivity index (χ4n) is 4.10. The maximum atomic E-state index is 5.70. The second kappa shape index (κ2) is 11.4. The van der Waals surface area contributed by atoms with Gasteiger partial charge < -0.3 is 24.9 Å². The fraction of sp³-hybridized carbons (Fsp3) is 0.762. The highest BCUT2D eigenvalue weighted by atomic mass is 16.3. The van der Waals surface area contributed by atoms with Crippen LogP contribution in [-0.2, 0) is 0 Å². The van der Waals surface area contributed by atoms with E-state index >= 15 is 0 Å². The molecular formula is C21H38N6O. The summed E-state index contributed by atoms with van der Waals surface area (Å²) in [7, 11) is 4.05. The topological polar surface area (TPSA) is 59.3 Å². The largest absolute Gasteiger partial charge is 0.468 e. The van der Waals surface area contributed by atoms with Crippen molar-refractivity contribution < 1.29 is 4.42 Å². The zero-order valence-electron chi connectivity index (χ0n) is 17.7. The van der Waals surface area contributed by atoms with Crippen LogP contribution in [0, 0.1) is 0 Å². The smallest absolute Gasteiger partial charge is 0.191 e. The summed E-state index contributed by atoms with van der Waals surface area (Å²) in [6, 6.07) is 4.33. The highest BCUT2D eigenvalue weighted by molar-refractivity contribution is 5.79. The average Bonchev–Trinajstić information content (AvgIpc) is 3.42. The van der Waals surface area contributed by atoms with Crippen molar-refractivity contribution in [3.63, 3.8) is 0 Å². The van der Waals surface area contributed by atoms with Crippen LogP contribution >= 0.6 is 0 Å². The molecule has 2 saturated heterocycles. The molecule has 7 heteroatoms. The van der Waals surface area contributed by atoms with Gasteiger partial charge in [-0.1, -0.05) is 0 Å². The van der Waals surface area contributed by atoms with Gasteiger partial charge in [0.1, 0.15) is 5.76 Å². The molecule has 0 spiro atoms. The first kappa shape index (κ1) is 21.1. The molecule has 1 aromatic heterocycles. The van der Waals surface area contributed by atoms with Crippen molar-refractivity contribution >= 4 is 5.96 Å². The molecule has 0 aromatic carbocycles. The molecular weight excluding hydrogens is 352 g/mol. The lowest BCUT2D eigenvalue weighted by atomic mass is 10.2. The van der Waals surface area contributed by atoms with Crippen molar-refractivity contribution in [2.24, 2.45) is 4.99 Å². The first-order valence-corrected chi connectivity index (χ1v) is 10.9. The molecule has 2 aliphatic heterocycles. The molecule has 0 radical (unpaired) electrons.